The Bertz CT molecular complexity index is 552. The van der Waals surface area contributed by atoms with Crippen molar-refractivity contribution in [2.45, 2.75) is 0 Å². The van der Waals surface area contributed by atoms with Crippen LogP contribution in [0.3, 0.4) is 0 Å². The Hall–Kier alpha value is -2.27. The molecule has 0 saturated carbocycles. The maximum absolute atomic E-state index is 11.9. The zero-order valence-corrected chi connectivity index (χ0v) is 11.7. The first-order valence-corrected chi connectivity index (χ1v) is 6.47. The van der Waals surface area contributed by atoms with E-state index in [1.54, 1.807) is 18.5 Å². The van der Waals surface area contributed by atoms with E-state index >= 15 is 0 Å². The van der Waals surface area contributed by atoms with Crippen LogP contribution in [-0.2, 0) is 0 Å². The van der Waals surface area contributed by atoms with Crippen LogP contribution < -0.4 is 5.32 Å². The van der Waals surface area contributed by atoms with Gasteiger partial charge in [0.25, 0.3) is 5.91 Å². The van der Waals surface area contributed by atoms with Crippen LogP contribution in [0.5, 0.6) is 0 Å². The van der Waals surface area contributed by atoms with Crippen LogP contribution in [-0.4, -0.2) is 48.0 Å². The summed E-state index contributed by atoms with van der Waals surface area (Å²) < 4.78 is 0. The van der Waals surface area contributed by atoms with Gasteiger partial charge >= 0.3 is 0 Å². The van der Waals surface area contributed by atoms with Gasteiger partial charge in [-0.1, -0.05) is 6.07 Å². The number of rotatable bonds is 5. The minimum atomic E-state index is -0.105. The zero-order valence-electron chi connectivity index (χ0n) is 11.7. The number of pyridine rings is 2. The molecule has 0 atom stereocenters. The van der Waals surface area contributed by atoms with E-state index in [1.807, 2.05) is 43.3 Å². The van der Waals surface area contributed by atoms with Crippen molar-refractivity contribution >= 4 is 5.91 Å². The third-order valence-corrected chi connectivity index (χ3v) is 2.80. The van der Waals surface area contributed by atoms with Gasteiger partial charge in [-0.05, 0) is 38.4 Å². The molecule has 0 aromatic carbocycles. The van der Waals surface area contributed by atoms with E-state index in [1.165, 1.54) is 0 Å². The molecule has 0 aliphatic rings. The second-order valence-corrected chi connectivity index (χ2v) is 4.71. The smallest absolute Gasteiger partial charge is 0.252 e. The molecule has 20 heavy (non-hydrogen) atoms. The summed E-state index contributed by atoms with van der Waals surface area (Å²) in [6.07, 6.45) is 3.30. The molecular weight excluding hydrogens is 252 g/mol. The first-order chi connectivity index (χ1) is 9.66. The Morgan fingerprint density at radius 3 is 2.55 bits per heavy atom. The molecule has 2 heterocycles. The largest absolute Gasteiger partial charge is 0.351 e. The molecule has 2 aromatic heterocycles. The SMILES string of the molecule is CN(C)CCNC(=O)c1ccc(-c2ccccn2)nc1. The molecule has 5 heteroatoms. The number of likely N-dealkylation sites (N-methyl/N-ethyl adjacent to an activating group) is 1. The highest BCUT2D eigenvalue weighted by Gasteiger charge is 2.06. The molecule has 2 rings (SSSR count). The summed E-state index contributed by atoms with van der Waals surface area (Å²) in [6.45, 7) is 1.43. The molecule has 104 valence electrons. The summed E-state index contributed by atoms with van der Waals surface area (Å²) in [4.78, 5) is 22.4. The Morgan fingerprint density at radius 1 is 1.15 bits per heavy atom. The maximum atomic E-state index is 11.9. The number of nitrogens with zero attached hydrogens (tertiary/aromatic N) is 3. The predicted molar refractivity (Wildman–Crippen MR) is 78.4 cm³/mol. The monoisotopic (exact) mass is 270 g/mol. The molecule has 2 aromatic rings. The lowest BCUT2D eigenvalue weighted by Gasteiger charge is -2.10. The fourth-order valence-corrected chi connectivity index (χ4v) is 1.69. The topological polar surface area (TPSA) is 58.1 Å². The number of hydrogen-bond acceptors (Lipinski definition) is 4. The van der Waals surface area contributed by atoms with Crippen LogP contribution in [0.4, 0.5) is 0 Å². The molecule has 0 aliphatic heterocycles. The van der Waals surface area contributed by atoms with E-state index in [2.05, 4.69) is 15.3 Å². The van der Waals surface area contributed by atoms with E-state index in [0.29, 0.717) is 12.1 Å². The maximum Gasteiger partial charge on any atom is 0.252 e. The van der Waals surface area contributed by atoms with Crippen LogP contribution in [0.2, 0.25) is 0 Å². The van der Waals surface area contributed by atoms with Crippen molar-refractivity contribution in [3.8, 4) is 11.4 Å². The second-order valence-electron chi connectivity index (χ2n) is 4.71. The van der Waals surface area contributed by atoms with Crippen LogP contribution in [0.1, 0.15) is 10.4 Å². The number of amides is 1. The second kappa shape index (κ2) is 6.77. The summed E-state index contributed by atoms with van der Waals surface area (Å²) >= 11 is 0. The fraction of sp³-hybridized carbons (Fsp3) is 0.267. The van der Waals surface area contributed by atoms with Gasteiger partial charge in [-0.15, -0.1) is 0 Å². The molecular formula is C15H18N4O. The van der Waals surface area contributed by atoms with Crippen LogP contribution in [0.25, 0.3) is 11.4 Å². The van der Waals surface area contributed by atoms with Crippen molar-refractivity contribution in [1.29, 1.82) is 0 Å². The summed E-state index contributed by atoms with van der Waals surface area (Å²) in [7, 11) is 3.94. The lowest BCUT2D eigenvalue weighted by Crippen LogP contribution is -2.31. The molecule has 0 unspecified atom stereocenters. The number of carbonyl (C=O) groups excluding carboxylic acids is 1. The van der Waals surface area contributed by atoms with E-state index in [-0.39, 0.29) is 5.91 Å². The van der Waals surface area contributed by atoms with Gasteiger partial charge in [0, 0.05) is 25.5 Å². The molecule has 1 amide bonds. The van der Waals surface area contributed by atoms with Crippen molar-refractivity contribution in [3.05, 3.63) is 48.3 Å². The molecule has 0 aliphatic carbocycles. The lowest BCUT2D eigenvalue weighted by atomic mass is 10.2. The summed E-state index contributed by atoms with van der Waals surface area (Å²) in [5.74, 6) is -0.105. The molecule has 0 radical (unpaired) electrons. The van der Waals surface area contributed by atoms with Crippen molar-refractivity contribution < 1.29 is 4.79 Å². The van der Waals surface area contributed by atoms with Gasteiger partial charge in [-0.2, -0.15) is 0 Å². The highest BCUT2D eigenvalue weighted by atomic mass is 16.1. The van der Waals surface area contributed by atoms with E-state index in [0.717, 1.165) is 17.9 Å². The standard InChI is InChI=1S/C15H18N4O/c1-19(2)10-9-17-15(20)12-6-7-14(18-11-12)13-5-3-4-8-16-13/h3-8,11H,9-10H2,1-2H3,(H,17,20). The number of aromatic nitrogens is 2. The predicted octanol–water partition coefficient (Wildman–Crippen LogP) is 1.44. The van der Waals surface area contributed by atoms with Crippen molar-refractivity contribution in [2.24, 2.45) is 0 Å². The van der Waals surface area contributed by atoms with E-state index in [9.17, 15) is 4.79 Å². The summed E-state index contributed by atoms with van der Waals surface area (Å²) in [5, 5.41) is 2.85. The Balaban J connectivity index is 1.99. The summed E-state index contributed by atoms with van der Waals surface area (Å²) in [6, 6.07) is 9.23. The highest BCUT2D eigenvalue weighted by Crippen LogP contribution is 2.13. The Morgan fingerprint density at radius 2 is 1.95 bits per heavy atom. The van der Waals surface area contributed by atoms with E-state index in [4.69, 9.17) is 0 Å². The van der Waals surface area contributed by atoms with Gasteiger partial charge in [0.15, 0.2) is 0 Å². The van der Waals surface area contributed by atoms with Crippen LogP contribution in [0.15, 0.2) is 42.7 Å². The van der Waals surface area contributed by atoms with Crippen molar-refractivity contribution in [1.82, 2.24) is 20.2 Å². The minimum Gasteiger partial charge on any atom is -0.351 e. The quantitative estimate of drug-likeness (QED) is 0.893. The average Bonchev–Trinajstić information content (AvgIpc) is 2.48. The lowest BCUT2D eigenvalue weighted by molar-refractivity contribution is 0.0950. The molecule has 0 saturated heterocycles. The Labute approximate surface area is 118 Å². The van der Waals surface area contributed by atoms with Crippen molar-refractivity contribution in [2.75, 3.05) is 27.2 Å². The molecule has 0 spiro atoms. The van der Waals surface area contributed by atoms with Gasteiger partial charge in [-0.25, -0.2) is 0 Å². The highest BCUT2D eigenvalue weighted by molar-refractivity contribution is 5.94. The van der Waals surface area contributed by atoms with Gasteiger partial charge in [0.1, 0.15) is 0 Å². The Kier molecular flexibility index (Phi) is 4.79. The molecule has 0 fully saturated rings. The minimum absolute atomic E-state index is 0.105. The normalized spacial score (nSPS) is 10.6. The third-order valence-electron chi connectivity index (χ3n) is 2.80. The number of nitrogens with one attached hydrogen (secondary N) is 1. The van der Waals surface area contributed by atoms with Gasteiger partial charge in [0.05, 0.1) is 17.0 Å². The first kappa shape index (κ1) is 14.1. The van der Waals surface area contributed by atoms with Crippen LogP contribution >= 0.6 is 0 Å². The fourth-order valence-electron chi connectivity index (χ4n) is 1.69. The van der Waals surface area contributed by atoms with Crippen molar-refractivity contribution in [3.63, 3.8) is 0 Å². The first-order valence-electron chi connectivity index (χ1n) is 6.47. The zero-order chi connectivity index (χ0) is 14.4. The van der Waals surface area contributed by atoms with Gasteiger partial charge < -0.3 is 10.2 Å². The van der Waals surface area contributed by atoms with Crippen LogP contribution in [0, 0.1) is 0 Å². The van der Waals surface area contributed by atoms with Gasteiger partial charge in [0.2, 0.25) is 0 Å². The summed E-state index contributed by atoms with van der Waals surface area (Å²) in [5.41, 5.74) is 2.12. The van der Waals surface area contributed by atoms with Gasteiger partial charge in [-0.3, -0.25) is 14.8 Å². The molecule has 0 bridgehead atoms. The van der Waals surface area contributed by atoms with E-state index < -0.39 is 0 Å². The third kappa shape index (κ3) is 3.86. The number of carbonyl (C=O) groups is 1. The molecule has 5 nitrogen and oxygen atoms in total. The molecule has 1 N–H and O–H groups in total. The number of hydrogen-bond donors (Lipinski definition) is 1. The average molecular weight is 270 g/mol.